The van der Waals surface area contributed by atoms with E-state index in [1.54, 1.807) is 13.0 Å². The molecule has 0 N–H and O–H groups in total. The monoisotopic (exact) mass is 278 g/mol. The molecule has 3 aromatic rings. The molecule has 21 heavy (non-hydrogen) atoms. The maximum atomic E-state index is 14.2. The first-order chi connectivity index (χ1) is 10.1. The summed E-state index contributed by atoms with van der Waals surface area (Å²) in [6.07, 6.45) is 0. The SMILES string of the molecule is Cc1cc(C)c(C(=O)c2cccc3ccccc23)c(F)c1. The van der Waals surface area contributed by atoms with E-state index < -0.39 is 5.82 Å². The number of fused-ring (bicyclic) bond motifs is 1. The second-order valence-electron chi connectivity index (χ2n) is 5.29. The number of hydrogen-bond acceptors (Lipinski definition) is 1. The van der Waals surface area contributed by atoms with E-state index in [0.29, 0.717) is 11.1 Å². The highest BCUT2D eigenvalue weighted by atomic mass is 19.1. The number of rotatable bonds is 2. The van der Waals surface area contributed by atoms with Gasteiger partial charge in [-0.2, -0.15) is 0 Å². The maximum Gasteiger partial charge on any atom is 0.196 e. The maximum absolute atomic E-state index is 14.2. The van der Waals surface area contributed by atoms with Crippen molar-refractivity contribution < 1.29 is 9.18 Å². The minimum Gasteiger partial charge on any atom is -0.288 e. The van der Waals surface area contributed by atoms with Crippen molar-refractivity contribution in [2.24, 2.45) is 0 Å². The van der Waals surface area contributed by atoms with Crippen molar-refractivity contribution >= 4 is 16.6 Å². The molecule has 0 atom stereocenters. The molecule has 1 nitrogen and oxygen atoms in total. The third-order valence-corrected chi connectivity index (χ3v) is 3.69. The van der Waals surface area contributed by atoms with Crippen molar-refractivity contribution in [1.82, 2.24) is 0 Å². The summed E-state index contributed by atoms with van der Waals surface area (Å²) >= 11 is 0. The molecule has 0 aromatic heterocycles. The minimum absolute atomic E-state index is 0.164. The quantitative estimate of drug-likeness (QED) is 0.614. The summed E-state index contributed by atoms with van der Waals surface area (Å²) in [6.45, 7) is 3.59. The lowest BCUT2D eigenvalue weighted by Gasteiger charge is -2.10. The summed E-state index contributed by atoms with van der Waals surface area (Å²) in [5, 5.41) is 1.83. The van der Waals surface area contributed by atoms with Crippen molar-refractivity contribution in [2.45, 2.75) is 13.8 Å². The second kappa shape index (κ2) is 5.13. The van der Waals surface area contributed by atoms with Crippen LogP contribution in [-0.4, -0.2) is 5.78 Å². The van der Waals surface area contributed by atoms with Crippen LogP contribution in [0.3, 0.4) is 0 Å². The van der Waals surface area contributed by atoms with Gasteiger partial charge in [-0.3, -0.25) is 4.79 Å². The molecule has 0 fully saturated rings. The summed E-state index contributed by atoms with van der Waals surface area (Å²) in [5.41, 5.74) is 2.20. The predicted octanol–water partition coefficient (Wildman–Crippen LogP) is 4.83. The van der Waals surface area contributed by atoms with Crippen LogP contribution < -0.4 is 0 Å². The lowest BCUT2D eigenvalue weighted by Crippen LogP contribution is -2.08. The van der Waals surface area contributed by atoms with Crippen LogP contribution in [0.5, 0.6) is 0 Å². The summed E-state index contributed by atoms with van der Waals surface area (Å²) < 4.78 is 14.2. The van der Waals surface area contributed by atoms with E-state index in [4.69, 9.17) is 0 Å². The largest absolute Gasteiger partial charge is 0.288 e. The number of carbonyl (C=O) groups is 1. The van der Waals surface area contributed by atoms with Crippen molar-refractivity contribution in [1.29, 1.82) is 0 Å². The lowest BCUT2D eigenvalue weighted by molar-refractivity contribution is 0.103. The van der Waals surface area contributed by atoms with E-state index in [-0.39, 0.29) is 11.3 Å². The first kappa shape index (κ1) is 13.5. The molecule has 2 heteroatoms. The van der Waals surface area contributed by atoms with E-state index in [0.717, 1.165) is 16.3 Å². The molecule has 0 bridgehead atoms. The average Bonchev–Trinajstić information content (AvgIpc) is 2.45. The van der Waals surface area contributed by atoms with Gasteiger partial charge in [0.05, 0.1) is 5.56 Å². The van der Waals surface area contributed by atoms with E-state index in [1.807, 2.05) is 49.4 Å². The van der Waals surface area contributed by atoms with Gasteiger partial charge in [-0.1, -0.05) is 48.5 Å². The van der Waals surface area contributed by atoms with Crippen molar-refractivity contribution in [3.63, 3.8) is 0 Å². The average molecular weight is 278 g/mol. The zero-order valence-electron chi connectivity index (χ0n) is 12.0. The fraction of sp³-hybridized carbons (Fsp3) is 0.105. The fourth-order valence-corrected chi connectivity index (χ4v) is 2.76. The van der Waals surface area contributed by atoms with Gasteiger partial charge in [0.15, 0.2) is 5.78 Å². The fourth-order valence-electron chi connectivity index (χ4n) is 2.76. The van der Waals surface area contributed by atoms with Gasteiger partial charge in [0.25, 0.3) is 0 Å². The van der Waals surface area contributed by atoms with Crippen LogP contribution in [0.2, 0.25) is 0 Å². The van der Waals surface area contributed by atoms with E-state index in [9.17, 15) is 9.18 Å². The summed E-state index contributed by atoms with van der Waals surface area (Å²) in [4.78, 5) is 12.8. The zero-order chi connectivity index (χ0) is 15.0. The molecule has 3 rings (SSSR count). The Labute approximate surface area is 123 Å². The molecule has 0 amide bonds. The topological polar surface area (TPSA) is 17.1 Å². The van der Waals surface area contributed by atoms with E-state index >= 15 is 0 Å². The Balaban J connectivity index is 2.22. The van der Waals surface area contributed by atoms with Crippen LogP contribution >= 0.6 is 0 Å². The highest BCUT2D eigenvalue weighted by molar-refractivity contribution is 6.17. The Morgan fingerprint density at radius 1 is 0.952 bits per heavy atom. The molecule has 0 unspecified atom stereocenters. The third-order valence-electron chi connectivity index (χ3n) is 3.69. The van der Waals surface area contributed by atoms with Gasteiger partial charge in [-0.05, 0) is 41.8 Å². The summed E-state index contributed by atoms with van der Waals surface area (Å²) in [7, 11) is 0. The molecule has 0 aliphatic carbocycles. The molecule has 0 saturated carbocycles. The number of aryl methyl sites for hydroxylation is 2. The van der Waals surface area contributed by atoms with Gasteiger partial charge in [-0.25, -0.2) is 4.39 Å². The second-order valence-corrected chi connectivity index (χ2v) is 5.29. The molecule has 104 valence electrons. The Morgan fingerprint density at radius 3 is 2.43 bits per heavy atom. The van der Waals surface area contributed by atoms with Gasteiger partial charge in [0, 0.05) is 5.56 Å². The Kier molecular flexibility index (Phi) is 3.30. The molecular weight excluding hydrogens is 263 g/mol. The first-order valence-electron chi connectivity index (χ1n) is 6.87. The van der Waals surface area contributed by atoms with Crippen LogP contribution in [0.25, 0.3) is 10.8 Å². The molecule has 0 saturated heterocycles. The van der Waals surface area contributed by atoms with Gasteiger partial charge in [0.1, 0.15) is 5.82 Å². The standard InChI is InChI=1S/C19H15FO/c1-12-10-13(2)18(17(20)11-12)19(21)16-9-5-7-14-6-3-4-8-15(14)16/h3-11H,1-2H3. The highest BCUT2D eigenvalue weighted by Gasteiger charge is 2.18. The predicted molar refractivity (Wildman–Crippen MR) is 83.3 cm³/mol. The van der Waals surface area contributed by atoms with Gasteiger partial charge in [-0.15, -0.1) is 0 Å². The zero-order valence-corrected chi connectivity index (χ0v) is 12.0. The van der Waals surface area contributed by atoms with Crippen molar-refractivity contribution in [2.75, 3.05) is 0 Å². The third kappa shape index (κ3) is 2.33. The van der Waals surface area contributed by atoms with Crippen LogP contribution in [-0.2, 0) is 0 Å². The Bertz CT molecular complexity index is 821. The highest BCUT2D eigenvalue weighted by Crippen LogP contribution is 2.24. The molecule has 3 aromatic carbocycles. The summed E-state index contributed by atoms with van der Waals surface area (Å²) in [5.74, 6) is -0.716. The van der Waals surface area contributed by atoms with E-state index in [2.05, 4.69) is 0 Å². The van der Waals surface area contributed by atoms with Gasteiger partial charge < -0.3 is 0 Å². The van der Waals surface area contributed by atoms with Crippen molar-refractivity contribution in [3.05, 3.63) is 82.7 Å². The number of benzene rings is 3. The number of carbonyl (C=O) groups excluding carboxylic acids is 1. The normalized spacial score (nSPS) is 10.8. The number of halogens is 1. The summed E-state index contributed by atoms with van der Waals surface area (Å²) in [6, 6.07) is 16.4. The molecule has 0 spiro atoms. The Hall–Kier alpha value is -2.48. The van der Waals surface area contributed by atoms with Crippen LogP contribution in [0, 0.1) is 19.7 Å². The van der Waals surface area contributed by atoms with Gasteiger partial charge in [0.2, 0.25) is 0 Å². The first-order valence-corrected chi connectivity index (χ1v) is 6.87. The minimum atomic E-state index is -0.453. The smallest absolute Gasteiger partial charge is 0.196 e. The number of hydrogen-bond donors (Lipinski definition) is 0. The molecular formula is C19H15FO. The van der Waals surface area contributed by atoms with E-state index in [1.165, 1.54) is 6.07 Å². The molecule has 0 heterocycles. The van der Waals surface area contributed by atoms with Gasteiger partial charge >= 0.3 is 0 Å². The number of ketones is 1. The molecule has 0 radical (unpaired) electrons. The van der Waals surface area contributed by atoms with Crippen LogP contribution in [0.1, 0.15) is 27.0 Å². The van der Waals surface area contributed by atoms with Crippen LogP contribution in [0.15, 0.2) is 54.6 Å². The van der Waals surface area contributed by atoms with Crippen LogP contribution in [0.4, 0.5) is 4.39 Å². The molecule has 0 aliphatic rings. The lowest BCUT2D eigenvalue weighted by atomic mass is 9.93. The molecule has 0 aliphatic heterocycles. The van der Waals surface area contributed by atoms with Crippen molar-refractivity contribution in [3.8, 4) is 0 Å². The Morgan fingerprint density at radius 2 is 1.67 bits per heavy atom.